The Bertz CT molecular complexity index is 787. The fraction of sp³-hybridized carbons (Fsp3) is 0.222. The van der Waals surface area contributed by atoms with E-state index in [1.165, 1.54) is 0 Å². The highest BCUT2D eigenvalue weighted by Gasteiger charge is 2.45. The van der Waals surface area contributed by atoms with Crippen molar-refractivity contribution in [1.29, 1.82) is 0 Å². The number of carbonyl (C=O) groups excluding carboxylic acids is 2. The Morgan fingerprint density at radius 2 is 1.67 bits per heavy atom. The Balaban J connectivity index is 1.82. The molecular formula is C18H18ClN3O2. The molecule has 1 fully saturated rings. The summed E-state index contributed by atoms with van der Waals surface area (Å²) in [6.07, 6.45) is 2.58. The van der Waals surface area contributed by atoms with Crippen LogP contribution in [0.15, 0.2) is 48.5 Å². The second-order valence-electron chi connectivity index (χ2n) is 5.97. The summed E-state index contributed by atoms with van der Waals surface area (Å²) in [6, 6.07) is 13.7. The Kier molecular flexibility index (Phi) is 4.44. The first-order valence-electron chi connectivity index (χ1n) is 7.74. The highest BCUT2D eigenvalue weighted by Crippen LogP contribution is 2.45. The molecule has 3 rings (SSSR count). The zero-order valence-corrected chi connectivity index (χ0v) is 13.8. The summed E-state index contributed by atoms with van der Waals surface area (Å²) in [4.78, 5) is 23.8. The Morgan fingerprint density at radius 1 is 1.00 bits per heavy atom. The van der Waals surface area contributed by atoms with E-state index < -0.39 is 11.4 Å². The van der Waals surface area contributed by atoms with Gasteiger partial charge >= 0.3 is 6.03 Å². The molecule has 0 aromatic heterocycles. The Labute approximate surface area is 145 Å². The number of urea groups is 1. The maximum absolute atomic E-state index is 12.9. The van der Waals surface area contributed by atoms with Crippen molar-refractivity contribution in [3.05, 3.63) is 59.1 Å². The van der Waals surface area contributed by atoms with E-state index in [4.69, 9.17) is 17.3 Å². The lowest BCUT2D eigenvalue weighted by molar-refractivity contribution is -0.124. The van der Waals surface area contributed by atoms with Crippen LogP contribution in [0.4, 0.5) is 16.2 Å². The zero-order chi connectivity index (χ0) is 17.2. The molecule has 24 heavy (non-hydrogen) atoms. The number of hydrogen-bond donors (Lipinski definition) is 3. The molecule has 3 amide bonds. The molecule has 0 aliphatic heterocycles. The van der Waals surface area contributed by atoms with Gasteiger partial charge in [0.05, 0.1) is 5.41 Å². The van der Waals surface area contributed by atoms with Gasteiger partial charge in [-0.15, -0.1) is 0 Å². The van der Waals surface area contributed by atoms with Gasteiger partial charge in [-0.05, 0) is 48.7 Å². The maximum Gasteiger partial charge on any atom is 0.316 e. The summed E-state index contributed by atoms with van der Waals surface area (Å²) in [7, 11) is 0. The first kappa shape index (κ1) is 16.3. The van der Waals surface area contributed by atoms with Crippen molar-refractivity contribution in [3.63, 3.8) is 0 Å². The largest absolute Gasteiger partial charge is 0.351 e. The van der Waals surface area contributed by atoms with Gasteiger partial charge in [-0.1, -0.05) is 36.2 Å². The number of nitrogens with two attached hydrogens (primary N) is 1. The van der Waals surface area contributed by atoms with Crippen LogP contribution >= 0.6 is 11.6 Å². The average Bonchev–Trinajstić information content (AvgIpc) is 2.45. The van der Waals surface area contributed by atoms with Gasteiger partial charge in [-0.3, -0.25) is 4.79 Å². The highest BCUT2D eigenvalue weighted by atomic mass is 35.5. The van der Waals surface area contributed by atoms with Crippen LogP contribution in [0.2, 0.25) is 5.02 Å². The number of halogens is 1. The fourth-order valence-corrected chi connectivity index (χ4v) is 3.22. The molecule has 0 spiro atoms. The summed E-state index contributed by atoms with van der Waals surface area (Å²) in [5, 5.41) is 6.06. The molecule has 2 aromatic carbocycles. The molecule has 5 nitrogen and oxygen atoms in total. The van der Waals surface area contributed by atoms with Crippen molar-refractivity contribution < 1.29 is 9.59 Å². The predicted molar refractivity (Wildman–Crippen MR) is 95.3 cm³/mol. The van der Waals surface area contributed by atoms with Crippen LogP contribution < -0.4 is 16.4 Å². The molecule has 0 saturated heterocycles. The molecular weight excluding hydrogens is 326 g/mol. The second kappa shape index (κ2) is 6.53. The topological polar surface area (TPSA) is 84.2 Å². The molecule has 1 saturated carbocycles. The SMILES string of the molecule is NC(=O)Nc1cccc(NC(=O)C2(c3cccc(Cl)c3)CCC2)c1. The third-order valence-corrected chi connectivity index (χ3v) is 4.64. The van der Waals surface area contributed by atoms with Crippen molar-refractivity contribution in [3.8, 4) is 0 Å². The molecule has 1 aliphatic rings. The normalized spacial score (nSPS) is 15.2. The molecule has 0 radical (unpaired) electrons. The van der Waals surface area contributed by atoms with E-state index in [1.54, 1.807) is 30.3 Å². The lowest BCUT2D eigenvalue weighted by atomic mass is 9.64. The van der Waals surface area contributed by atoms with Crippen LogP contribution in [0.3, 0.4) is 0 Å². The molecule has 124 valence electrons. The summed E-state index contributed by atoms with van der Waals surface area (Å²) in [6.45, 7) is 0. The van der Waals surface area contributed by atoms with Gasteiger partial charge in [0.25, 0.3) is 0 Å². The van der Waals surface area contributed by atoms with Crippen molar-refractivity contribution in [2.45, 2.75) is 24.7 Å². The van der Waals surface area contributed by atoms with Crippen LogP contribution in [0.25, 0.3) is 0 Å². The minimum atomic E-state index is -0.645. The smallest absolute Gasteiger partial charge is 0.316 e. The van der Waals surface area contributed by atoms with E-state index in [-0.39, 0.29) is 5.91 Å². The van der Waals surface area contributed by atoms with Crippen LogP contribution in [-0.4, -0.2) is 11.9 Å². The number of carbonyl (C=O) groups is 2. The number of nitrogens with one attached hydrogen (secondary N) is 2. The van der Waals surface area contributed by atoms with Gasteiger partial charge in [0, 0.05) is 16.4 Å². The molecule has 2 aromatic rings. The standard InChI is InChI=1S/C18H18ClN3O2/c19-13-5-1-4-12(10-13)18(8-3-9-18)16(23)21-14-6-2-7-15(11-14)22-17(20)24/h1-2,4-7,10-11H,3,8-9H2,(H,21,23)(H3,20,22,24). The van der Waals surface area contributed by atoms with Crippen LogP contribution in [-0.2, 0) is 10.2 Å². The van der Waals surface area contributed by atoms with Gasteiger partial charge in [0.15, 0.2) is 0 Å². The number of hydrogen-bond acceptors (Lipinski definition) is 2. The number of amides is 3. The molecule has 0 heterocycles. The van der Waals surface area contributed by atoms with E-state index in [0.717, 1.165) is 24.8 Å². The van der Waals surface area contributed by atoms with Gasteiger partial charge in [0.1, 0.15) is 0 Å². The van der Waals surface area contributed by atoms with E-state index in [1.807, 2.05) is 18.2 Å². The summed E-state index contributed by atoms with van der Waals surface area (Å²) in [5.41, 5.74) is 6.65. The molecule has 0 bridgehead atoms. The maximum atomic E-state index is 12.9. The molecule has 0 atom stereocenters. The second-order valence-corrected chi connectivity index (χ2v) is 6.41. The van der Waals surface area contributed by atoms with Crippen LogP contribution in [0.1, 0.15) is 24.8 Å². The van der Waals surface area contributed by atoms with Crippen molar-refractivity contribution >= 4 is 34.9 Å². The summed E-state index contributed by atoms with van der Waals surface area (Å²) >= 11 is 6.08. The average molecular weight is 344 g/mol. The molecule has 6 heteroatoms. The quantitative estimate of drug-likeness (QED) is 0.786. The van der Waals surface area contributed by atoms with Crippen molar-refractivity contribution in [1.82, 2.24) is 0 Å². The zero-order valence-electron chi connectivity index (χ0n) is 13.0. The monoisotopic (exact) mass is 343 g/mol. The highest BCUT2D eigenvalue weighted by molar-refractivity contribution is 6.30. The number of primary amides is 1. The van der Waals surface area contributed by atoms with Gasteiger partial charge in [0.2, 0.25) is 5.91 Å². The predicted octanol–water partition coefficient (Wildman–Crippen LogP) is 3.89. The van der Waals surface area contributed by atoms with Gasteiger partial charge in [-0.25, -0.2) is 4.79 Å². The lowest BCUT2D eigenvalue weighted by Gasteiger charge is -2.40. The van der Waals surface area contributed by atoms with Crippen LogP contribution in [0, 0.1) is 0 Å². The minimum absolute atomic E-state index is 0.0627. The van der Waals surface area contributed by atoms with Crippen LogP contribution in [0.5, 0.6) is 0 Å². The molecule has 4 N–H and O–H groups in total. The third-order valence-electron chi connectivity index (χ3n) is 4.41. The van der Waals surface area contributed by atoms with E-state index >= 15 is 0 Å². The molecule has 0 unspecified atom stereocenters. The number of rotatable bonds is 4. The minimum Gasteiger partial charge on any atom is -0.351 e. The first-order valence-corrected chi connectivity index (χ1v) is 8.11. The van der Waals surface area contributed by atoms with E-state index in [0.29, 0.717) is 16.4 Å². The first-order chi connectivity index (χ1) is 11.5. The summed E-state index contributed by atoms with van der Waals surface area (Å²) < 4.78 is 0. The van der Waals surface area contributed by atoms with E-state index in [2.05, 4.69) is 10.6 Å². The summed E-state index contributed by atoms with van der Waals surface area (Å²) in [5.74, 6) is -0.0627. The number of benzene rings is 2. The third kappa shape index (κ3) is 3.21. The Hall–Kier alpha value is -2.53. The van der Waals surface area contributed by atoms with Gasteiger partial charge in [-0.2, -0.15) is 0 Å². The van der Waals surface area contributed by atoms with Gasteiger partial charge < -0.3 is 16.4 Å². The van der Waals surface area contributed by atoms with Crippen molar-refractivity contribution in [2.24, 2.45) is 5.73 Å². The lowest BCUT2D eigenvalue weighted by Crippen LogP contribution is -2.46. The van der Waals surface area contributed by atoms with Crippen molar-refractivity contribution in [2.75, 3.05) is 10.6 Å². The fourth-order valence-electron chi connectivity index (χ4n) is 3.03. The number of anilines is 2. The Morgan fingerprint density at radius 3 is 2.25 bits per heavy atom. The molecule has 1 aliphatic carbocycles. The van der Waals surface area contributed by atoms with E-state index in [9.17, 15) is 9.59 Å².